The fraction of sp³-hybridized carbons (Fsp3) is 0.182. The number of rotatable bonds is 3. The van der Waals surface area contributed by atoms with E-state index in [0.29, 0.717) is 0 Å². The monoisotopic (exact) mass is 288 g/mol. The lowest BCUT2D eigenvalue weighted by molar-refractivity contribution is 1.14. The molecule has 0 unspecified atom stereocenters. The Morgan fingerprint density at radius 3 is 1.45 bits per heavy atom. The summed E-state index contributed by atoms with van der Waals surface area (Å²) in [5.41, 5.74) is 5.48. The molecule has 3 rings (SSSR count). The van der Waals surface area contributed by atoms with E-state index in [0.717, 1.165) is 12.8 Å². The molecular weight excluding hydrogens is 264 g/mol. The van der Waals surface area contributed by atoms with Crippen molar-refractivity contribution in [3.8, 4) is 0 Å². The van der Waals surface area contributed by atoms with Gasteiger partial charge in [-0.15, -0.1) is 0 Å². The quantitative estimate of drug-likeness (QED) is 0.568. The molecule has 0 heterocycles. The van der Waals surface area contributed by atoms with E-state index in [9.17, 15) is 0 Å². The Morgan fingerprint density at radius 2 is 1.00 bits per heavy atom. The Labute approximate surface area is 134 Å². The molecule has 0 aromatic heterocycles. The van der Waals surface area contributed by atoms with Crippen LogP contribution in [0.4, 0.5) is 0 Å². The average molecular weight is 288 g/mol. The summed E-state index contributed by atoms with van der Waals surface area (Å²) in [4.78, 5) is 0. The molecule has 0 aliphatic rings. The SMILES string of the molecule is CCc1ccccc1.Cc1ccc(Cc2ccccc2)cc1. The molecule has 0 spiro atoms. The van der Waals surface area contributed by atoms with Crippen molar-refractivity contribution in [2.75, 3.05) is 0 Å². The van der Waals surface area contributed by atoms with Crippen molar-refractivity contribution in [2.24, 2.45) is 0 Å². The van der Waals surface area contributed by atoms with Gasteiger partial charge >= 0.3 is 0 Å². The Balaban J connectivity index is 0.000000188. The first-order chi connectivity index (χ1) is 10.8. The van der Waals surface area contributed by atoms with E-state index in [1.807, 2.05) is 6.07 Å². The molecule has 0 nitrogen and oxygen atoms in total. The fourth-order valence-corrected chi connectivity index (χ4v) is 2.25. The van der Waals surface area contributed by atoms with Crippen LogP contribution in [0.25, 0.3) is 0 Å². The largest absolute Gasteiger partial charge is 0.0622 e. The average Bonchev–Trinajstić information content (AvgIpc) is 2.59. The van der Waals surface area contributed by atoms with Crippen molar-refractivity contribution in [1.82, 2.24) is 0 Å². The van der Waals surface area contributed by atoms with Gasteiger partial charge in [0.15, 0.2) is 0 Å². The predicted octanol–water partition coefficient (Wildman–Crippen LogP) is 5.83. The van der Waals surface area contributed by atoms with Gasteiger partial charge in [0.1, 0.15) is 0 Å². The van der Waals surface area contributed by atoms with Crippen LogP contribution in [0.1, 0.15) is 29.2 Å². The van der Waals surface area contributed by atoms with Gasteiger partial charge in [-0.3, -0.25) is 0 Å². The Morgan fingerprint density at radius 1 is 0.545 bits per heavy atom. The van der Waals surface area contributed by atoms with Crippen LogP contribution in [-0.2, 0) is 12.8 Å². The van der Waals surface area contributed by atoms with Crippen molar-refractivity contribution in [2.45, 2.75) is 26.7 Å². The molecule has 0 bridgehead atoms. The minimum absolute atomic E-state index is 1.03. The number of aryl methyl sites for hydroxylation is 2. The maximum atomic E-state index is 2.20. The van der Waals surface area contributed by atoms with E-state index in [1.165, 1.54) is 22.3 Å². The zero-order valence-electron chi connectivity index (χ0n) is 13.5. The highest BCUT2D eigenvalue weighted by Crippen LogP contribution is 2.09. The topological polar surface area (TPSA) is 0 Å². The standard InChI is InChI=1S/C14H14.C8H10/c1-12-7-9-14(10-8-12)11-13-5-3-2-4-6-13;1-2-8-6-4-3-5-7-8/h2-10H,11H2,1H3;3-7H,2H2,1H3. The summed E-state index contributed by atoms with van der Waals surface area (Å²) in [6, 6.07) is 29.7. The van der Waals surface area contributed by atoms with E-state index in [-0.39, 0.29) is 0 Å². The van der Waals surface area contributed by atoms with Crippen LogP contribution >= 0.6 is 0 Å². The van der Waals surface area contributed by atoms with Gasteiger partial charge in [-0.2, -0.15) is 0 Å². The molecule has 0 atom stereocenters. The third-order valence-electron chi connectivity index (χ3n) is 3.62. The number of hydrogen-bond donors (Lipinski definition) is 0. The molecule has 0 saturated carbocycles. The summed E-state index contributed by atoms with van der Waals surface area (Å²) in [5, 5.41) is 0. The summed E-state index contributed by atoms with van der Waals surface area (Å²) >= 11 is 0. The van der Waals surface area contributed by atoms with Crippen LogP contribution in [0.5, 0.6) is 0 Å². The van der Waals surface area contributed by atoms with Crippen LogP contribution in [-0.4, -0.2) is 0 Å². The highest BCUT2D eigenvalue weighted by atomic mass is 14.0. The van der Waals surface area contributed by atoms with Crippen molar-refractivity contribution in [3.05, 3.63) is 107 Å². The summed E-state index contributed by atoms with van der Waals surface area (Å²) in [6.45, 7) is 4.28. The molecule has 0 N–H and O–H groups in total. The third kappa shape index (κ3) is 5.57. The van der Waals surface area contributed by atoms with E-state index in [1.54, 1.807) is 0 Å². The molecule has 0 aliphatic heterocycles. The number of hydrogen-bond acceptors (Lipinski definition) is 0. The summed E-state index contributed by atoms with van der Waals surface area (Å²) < 4.78 is 0. The molecule has 112 valence electrons. The molecule has 3 aromatic carbocycles. The first-order valence-corrected chi connectivity index (χ1v) is 7.91. The molecule has 22 heavy (non-hydrogen) atoms. The van der Waals surface area contributed by atoms with Crippen LogP contribution in [0.2, 0.25) is 0 Å². The van der Waals surface area contributed by atoms with Crippen molar-refractivity contribution < 1.29 is 0 Å². The van der Waals surface area contributed by atoms with Gasteiger partial charge in [0.25, 0.3) is 0 Å². The fourth-order valence-electron chi connectivity index (χ4n) is 2.25. The lowest BCUT2D eigenvalue weighted by atomic mass is 10.0. The Kier molecular flexibility index (Phi) is 6.44. The van der Waals surface area contributed by atoms with Gasteiger partial charge < -0.3 is 0 Å². The molecule has 0 radical (unpaired) electrons. The predicted molar refractivity (Wildman–Crippen MR) is 96.2 cm³/mol. The van der Waals surface area contributed by atoms with Crippen LogP contribution in [0.15, 0.2) is 84.9 Å². The molecule has 0 aliphatic carbocycles. The van der Waals surface area contributed by atoms with Gasteiger partial charge in [0.05, 0.1) is 0 Å². The molecular formula is C22H24. The first-order valence-electron chi connectivity index (χ1n) is 7.91. The summed E-state index contributed by atoms with van der Waals surface area (Å²) in [7, 11) is 0. The molecule has 3 aromatic rings. The first kappa shape index (κ1) is 16.0. The van der Waals surface area contributed by atoms with E-state index >= 15 is 0 Å². The van der Waals surface area contributed by atoms with E-state index < -0.39 is 0 Å². The second kappa shape index (κ2) is 8.84. The molecule has 0 saturated heterocycles. The lowest BCUT2D eigenvalue weighted by Crippen LogP contribution is -1.86. The van der Waals surface area contributed by atoms with Crippen molar-refractivity contribution >= 4 is 0 Å². The van der Waals surface area contributed by atoms with E-state index in [2.05, 4.69) is 92.7 Å². The van der Waals surface area contributed by atoms with Gasteiger partial charge in [-0.25, -0.2) is 0 Å². The molecule has 0 amide bonds. The Bertz CT molecular complexity index is 637. The highest BCUT2D eigenvalue weighted by molar-refractivity contribution is 5.28. The Hall–Kier alpha value is -2.34. The second-order valence-electron chi connectivity index (χ2n) is 5.49. The van der Waals surface area contributed by atoms with Gasteiger partial charge in [0, 0.05) is 0 Å². The van der Waals surface area contributed by atoms with Gasteiger partial charge in [-0.1, -0.05) is 97.4 Å². The zero-order chi connectivity index (χ0) is 15.6. The summed E-state index contributed by atoms with van der Waals surface area (Å²) in [6.07, 6.45) is 2.17. The van der Waals surface area contributed by atoms with Crippen molar-refractivity contribution in [1.29, 1.82) is 0 Å². The van der Waals surface area contributed by atoms with Crippen molar-refractivity contribution in [3.63, 3.8) is 0 Å². The maximum Gasteiger partial charge on any atom is -0.00258 e. The lowest BCUT2D eigenvalue weighted by Gasteiger charge is -2.01. The van der Waals surface area contributed by atoms with Crippen LogP contribution in [0.3, 0.4) is 0 Å². The van der Waals surface area contributed by atoms with Gasteiger partial charge in [-0.05, 0) is 36.5 Å². The number of benzene rings is 3. The zero-order valence-corrected chi connectivity index (χ0v) is 13.5. The van der Waals surface area contributed by atoms with Crippen LogP contribution < -0.4 is 0 Å². The smallest absolute Gasteiger partial charge is 0.00258 e. The van der Waals surface area contributed by atoms with Gasteiger partial charge in [0.2, 0.25) is 0 Å². The minimum Gasteiger partial charge on any atom is -0.0622 e. The third-order valence-corrected chi connectivity index (χ3v) is 3.62. The highest BCUT2D eigenvalue weighted by Gasteiger charge is 1.94. The van der Waals surface area contributed by atoms with Crippen LogP contribution in [0, 0.1) is 6.92 Å². The second-order valence-corrected chi connectivity index (χ2v) is 5.49. The minimum atomic E-state index is 1.03. The van der Waals surface area contributed by atoms with E-state index in [4.69, 9.17) is 0 Å². The molecule has 0 fully saturated rings. The summed E-state index contributed by atoms with van der Waals surface area (Å²) in [5.74, 6) is 0. The molecule has 0 heteroatoms. The maximum absolute atomic E-state index is 2.20. The normalized spacial score (nSPS) is 9.73.